The number of anilines is 1. The Hall–Kier alpha value is -1.82. The van der Waals surface area contributed by atoms with E-state index in [4.69, 9.17) is 5.73 Å². The molecule has 2 rings (SSSR count). The first kappa shape index (κ1) is 12.6. The highest BCUT2D eigenvalue weighted by atomic mass is 32.2. The van der Waals surface area contributed by atoms with Gasteiger partial charge in [0, 0.05) is 11.9 Å². The van der Waals surface area contributed by atoms with Crippen molar-refractivity contribution in [1.29, 1.82) is 0 Å². The topological polar surface area (TPSA) is 56.0 Å². The monoisotopic (exact) mass is 268 g/mol. The Kier molecular flexibility index (Phi) is 3.66. The van der Waals surface area contributed by atoms with Crippen molar-refractivity contribution in [3.05, 3.63) is 53.9 Å². The summed E-state index contributed by atoms with van der Waals surface area (Å²) in [5, 5.41) is 0. The van der Waals surface area contributed by atoms with E-state index in [0.29, 0.717) is 5.69 Å². The van der Waals surface area contributed by atoms with Crippen LogP contribution in [-0.2, 0) is 16.6 Å². The average molecular weight is 268 g/mol. The molecule has 0 saturated heterocycles. The van der Waals surface area contributed by atoms with Crippen LogP contribution in [0.15, 0.2) is 41.4 Å². The number of rotatable bonds is 3. The van der Waals surface area contributed by atoms with Crippen LogP contribution in [-0.4, -0.2) is 9.19 Å². The maximum absolute atomic E-state index is 13.5. The van der Waals surface area contributed by atoms with Crippen LogP contribution in [0.3, 0.4) is 0 Å². The maximum atomic E-state index is 13.5. The van der Waals surface area contributed by atoms with Crippen molar-refractivity contribution < 1.29 is 13.0 Å². The molecular formula is C12H10F2N2OS. The fourth-order valence-electron chi connectivity index (χ4n) is 1.49. The normalized spacial score (nSPS) is 12.3. The van der Waals surface area contributed by atoms with Gasteiger partial charge in [-0.3, -0.25) is 9.19 Å². The Bertz CT molecular complexity index is 567. The van der Waals surface area contributed by atoms with Gasteiger partial charge in [-0.1, -0.05) is 6.07 Å². The number of nitrogens with two attached hydrogens (primary N) is 1. The van der Waals surface area contributed by atoms with Crippen LogP contribution in [0.4, 0.5) is 14.5 Å². The summed E-state index contributed by atoms with van der Waals surface area (Å²) >= 11 is 0. The number of aromatic nitrogens is 1. The van der Waals surface area contributed by atoms with Gasteiger partial charge in [0.15, 0.2) is 0 Å². The molecule has 0 aliphatic rings. The molecule has 2 N–H and O–H groups in total. The van der Waals surface area contributed by atoms with Gasteiger partial charge in [-0.2, -0.15) is 0 Å². The minimum absolute atomic E-state index is 0.0383. The predicted octanol–water partition coefficient (Wildman–Crippen LogP) is 2.25. The number of hydrogen-bond donors (Lipinski definition) is 1. The van der Waals surface area contributed by atoms with Crippen LogP contribution in [0, 0.1) is 11.6 Å². The van der Waals surface area contributed by atoms with Gasteiger partial charge in [0.25, 0.3) is 0 Å². The second-order valence-electron chi connectivity index (χ2n) is 3.62. The number of nitrogens with zero attached hydrogens (tertiary/aromatic N) is 1. The van der Waals surface area contributed by atoms with E-state index in [9.17, 15) is 13.0 Å². The van der Waals surface area contributed by atoms with Crippen molar-refractivity contribution in [3.8, 4) is 0 Å². The van der Waals surface area contributed by atoms with Crippen LogP contribution in [0.2, 0.25) is 0 Å². The molecule has 1 aromatic heterocycles. The first-order chi connectivity index (χ1) is 8.58. The smallest absolute Gasteiger partial charge is 0.144 e. The molecule has 0 saturated carbocycles. The summed E-state index contributed by atoms with van der Waals surface area (Å²) in [5.74, 6) is -1.85. The molecular weight excluding hydrogens is 258 g/mol. The molecule has 0 bridgehead atoms. The summed E-state index contributed by atoms with van der Waals surface area (Å²) < 4.78 is 39.0. The maximum Gasteiger partial charge on any atom is 0.144 e. The molecule has 0 spiro atoms. The van der Waals surface area contributed by atoms with Gasteiger partial charge in [0.1, 0.15) is 16.5 Å². The molecule has 0 amide bonds. The Morgan fingerprint density at radius 2 is 1.89 bits per heavy atom. The molecule has 6 heteroatoms. The highest BCUT2D eigenvalue weighted by molar-refractivity contribution is 7.84. The van der Waals surface area contributed by atoms with Crippen molar-refractivity contribution in [1.82, 2.24) is 4.98 Å². The van der Waals surface area contributed by atoms with E-state index < -0.39 is 27.3 Å². The minimum atomic E-state index is -1.83. The Morgan fingerprint density at radius 3 is 2.44 bits per heavy atom. The van der Waals surface area contributed by atoms with Crippen molar-refractivity contribution in [2.75, 3.05) is 5.73 Å². The van der Waals surface area contributed by atoms with E-state index in [1.165, 1.54) is 6.20 Å². The fraction of sp³-hybridized carbons (Fsp3) is 0.0833. The first-order valence-electron chi connectivity index (χ1n) is 5.10. The Balaban J connectivity index is 2.30. The number of benzene rings is 1. The number of pyridine rings is 1. The van der Waals surface area contributed by atoms with Crippen molar-refractivity contribution >= 4 is 16.5 Å². The highest BCUT2D eigenvalue weighted by Crippen LogP contribution is 2.21. The average Bonchev–Trinajstić information content (AvgIpc) is 2.28. The molecule has 3 nitrogen and oxygen atoms in total. The number of halogens is 2. The third-order valence-corrected chi connectivity index (χ3v) is 3.66. The fourth-order valence-corrected chi connectivity index (χ4v) is 2.62. The highest BCUT2D eigenvalue weighted by Gasteiger charge is 2.17. The van der Waals surface area contributed by atoms with Crippen molar-refractivity contribution in [2.24, 2.45) is 0 Å². The largest absolute Gasteiger partial charge is 0.399 e. The van der Waals surface area contributed by atoms with Gasteiger partial charge in [0.2, 0.25) is 0 Å². The third kappa shape index (κ3) is 2.70. The van der Waals surface area contributed by atoms with Crippen LogP contribution in [0.1, 0.15) is 5.69 Å². The van der Waals surface area contributed by atoms with E-state index in [2.05, 4.69) is 4.98 Å². The van der Waals surface area contributed by atoms with E-state index in [1.54, 1.807) is 18.2 Å². The zero-order valence-corrected chi connectivity index (χ0v) is 10.1. The number of hydrogen-bond acceptors (Lipinski definition) is 3. The molecule has 18 heavy (non-hydrogen) atoms. The lowest BCUT2D eigenvalue weighted by atomic mass is 10.3. The Morgan fingerprint density at radius 1 is 1.22 bits per heavy atom. The molecule has 1 heterocycles. The first-order valence-corrected chi connectivity index (χ1v) is 6.42. The lowest BCUT2D eigenvalue weighted by Gasteiger charge is -2.06. The van der Waals surface area contributed by atoms with E-state index in [-0.39, 0.29) is 11.4 Å². The molecule has 1 atom stereocenters. The summed E-state index contributed by atoms with van der Waals surface area (Å²) in [6.45, 7) is 0. The van der Waals surface area contributed by atoms with Gasteiger partial charge in [-0.25, -0.2) is 8.78 Å². The molecule has 0 radical (unpaired) electrons. The summed E-state index contributed by atoms with van der Waals surface area (Å²) in [6.07, 6.45) is 1.53. The lowest BCUT2D eigenvalue weighted by molar-refractivity contribution is 0.535. The molecule has 0 fully saturated rings. The zero-order chi connectivity index (χ0) is 13.1. The summed E-state index contributed by atoms with van der Waals surface area (Å²) in [4.78, 5) is 3.50. The minimum Gasteiger partial charge on any atom is -0.399 e. The quantitative estimate of drug-likeness (QED) is 0.869. The SMILES string of the molecule is Nc1cc(F)c(S(=O)Cc2ccccn2)c(F)c1. The van der Waals surface area contributed by atoms with Gasteiger partial charge in [-0.05, 0) is 24.3 Å². The summed E-state index contributed by atoms with van der Waals surface area (Å²) in [5.41, 5.74) is 5.76. The van der Waals surface area contributed by atoms with E-state index in [0.717, 1.165) is 12.1 Å². The molecule has 94 valence electrons. The molecule has 1 unspecified atom stereocenters. The number of nitrogen functional groups attached to an aromatic ring is 1. The zero-order valence-electron chi connectivity index (χ0n) is 9.27. The molecule has 0 aliphatic carbocycles. The van der Waals surface area contributed by atoms with Crippen LogP contribution < -0.4 is 5.73 Å². The van der Waals surface area contributed by atoms with Gasteiger partial charge in [0.05, 0.1) is 22.2 Å². The summed E-state index contributed by atoms with van der Waals surface area (Å²) in [6, 6.07) is 6.97. The van der Waals surface area contributed by atoms with Gasteiger partial charge < -0.3 is 5.73 Å². The second-order valence-corrected chi connectivity index (χ2v) is 5.01. The predicted molar refractivity (Wildman–Crippen MR) is 65.1 cm³/mol. The molecule has 1 aromatic carbocycles. The van der Waals surface area contributed by atoms with E-state index in [1.807, 2.05) is 0 Å². The lowest BCUT2D eigenvalue weighted by Crippen LogP contribution is -2.05. The second kappa shape index (κ2) is 5.22. The standard InChI is InChI=1S/C12H10F2N2OS/c13-10-5-8(15)6-11(14)12(10)18(17)7-9-3-1-2-4-16-9/h1-6H,7,15H2. The van der Waals surface area contributed by atoms with Gasteiger partial charge in [-0.15, -0.1) is 0 Å². The van der Waals surface area contributed by atoms with Crippen LogP contribution in [0.25, 0.3) is 0 Å². The van der Waals surface area contributed by atoms with E-state index >= 15 is 0 Å². The Labute approximate surface area is 105 Å². The van der Waals surface area contributed by atoms with Crippen LogP contribution in [0.5, 0.6) is 0 Å². The third-order valence-electron chi connectivity index (χ3n) is 2.25. The molecule has 2 aromatic rings. The van der Waals surface area contributed by atoms with Crippen LogP contribution >= 0.6 is 0 Å². The summed E-state index contributed by atoms with van der Waals surface area (Å²) in [7, 11) is -1.83. The molecule has 0 aliphatic heterocycles. The van der Waals surface area contributed by atoms with Crippen molar-refractivity contribution in [2.45, 2.75) is 10.6 Å². The van der Waals surface area contributed by atoms with Gasteiger partial charge >= 0.3 is 0 Å². The van der Waals surface area contributed by atoms with Crippen molar-refractivity contribution in [3.63, 3.8) is 0 Å².